The highest BCUT2D eigenvalue weighted by Crippen LogP contribution is 2.43. The summed E-state index contributed by atoms with van der Waals surface area (Å²) in [6.45, 7) is 1.90. The van der Waals surface area contributed by atoms with Crippen LogP contribution in [0.2, 0.25) is 0 Å². The van der Waals surface area contributed by atoms with E-state index < -0.39 is 0 Å². The van der Waals surface area contributed by atoms with Gasteiger partial charge in [-0.2, -0.15) is 11.3 Å². The van der Waals surface area contributed by atoms with Crippen LogP contribution < -0.4 is 4.90 Å². The van der Waals surface area contributed by atoms with Crippen molar-refractivity contribution in [3.05, 3.63) is 52.0 Å². The Balaban J connectivity index is 2.05. The number of benzene rings is 1. The smallest absolute Gasteiger partial charge is 0.238 e. The topological polar surface area (TPSA) is 20.3 Å². The summed E-state index contributed by atoms with van der Waals surface area (Å²) in [6.07, 6.45) is 0. The lowest BCUT2D eigenvalue weighted by Crippen LogP contribution is -2.28. The zero-order valence-electron chi connectivity index (χ0n) is 10.3. The normalized spacial score (nSPS) is 19.2. The number of halogens is 1. The van der Waals surface area contributed by atoms with E-state index in [1.165, 1.54) is 12.1 Å². The van der Waals surface area contributed by atoms with Crippen LogP contribution in [0.1, 0.15) is 16.5 Å². The summed E-state index contributed by atoms with van der Waals surface area (Å²) in [5.41, 5.74) is 2.69. The number of hydrogen-bond acceptors (Lipinski definition) is 3. The highest BCUT2D eigenvalue weighted by Gasteiger charge is 2.35. The maximum Gasteiger partial charge on any atom is 0.238 e. The van der Waals surface area contributed by atoms with Crippen LogP contribution in [0.4, 0.5) is 10.1 Å². The Bertz CT molecular complexity index is 612. The second kappa shape index (κ2) is 4.98. The first-order valence-corrected chi connectivity index (χ1v) is 7.88. The number of rotatable bonds is 2. The minimum atomic E-state index is -0.311. The largest absolute Gasteiger partial charge is 0.295 e. The van der Waals surface area contributed by atoms with E-state index in [4.69, 9.17) is 0 Å². The molecule has 0 spiro atoms. The molecule has 0 bridgehead atoms. The van der Waals surface area contributed by atoms with Crippen LogP contribution in [-0.2, 0) is 4.79 Å². The standard InChI is InChI=1S/C14H12FNOS2/c1-9-2-3-11(15)6-12(9)16-13(17)8-19-14(16)10-4-5-18-7-10/h2-7,14H,8H2,1H3. The molecule has 1 saturated heterocycles. The molecule has 1 atom stereocenters. The van der Waals surface area contributed by atoms with Gasteiger partial charge in [0, 0.05) is 0 Å². The minimum Gasteiger partial charge on any atom is -0.295 e. The number of carbonyl (C=O) groups excluding carboxylic acids is 1. The molecule has 1 aromatic heterocycles. The molecule has 5 heteroatoms. The summed E-state index contributed by atoms with van der Waals surface area (Å²) in [5, 5.41) is 3.99. The van der Waals surface area contributed by atoms with Crippen LogP contribution in [0, 0.1) is 12.7 Å². The van der Waals surface area contributed by atoms with Gasteiger partial charge in [0.25, 0.3) is 0 Å². The van der Waals surface area contributed by atoms with Crippen LogP contribution in [0.25, 0.3) is 0 Å². The van der Waals surface area contributed by atoms with Crippen LogP contribution in [-0.4, -0.2) is 11.7 Å². The van der Waals surface area contributed by atoms with E-state index in [9.17, 15) is 9.18 Å². The van der Waals surface area contributed by atoms with Gasteiger partial charge in [-0.1, -0.05) is 6.07 Å². The average Bonchev–Trinajstić information content (AvgIpc) is 3.01. The first kappa shape index (κ1) is 12.7. The first-order chi connectivity index (χ1) is 9.16. The monoisotopic (exact) mass is 293 g/mol. The van der Waals surface area contributed by atoms with Crippen LogP contribution >= 0.6 is 23.1 Å². The molecule has 1 aliphatic heterocycles. The van der Waals surface area contributed by atoms with E-state index in [1.54, 1.807) is 34.1 Å². The lowest BCUT2D eigenvalue weighted by atomic mass is 10.1. The van der Waals surface area contributed by atoms with E-state index >= 15 is 0 Å². The summed E-state index contributed by atoms with van der Waals surface area (Å²) in [4.78, 5) is 13.8. The lowest BCUT2D eigenvalue weighted by molar-refractivity contribution is -0.115. The third-order valence-electron chi connectivity index (χ3n) is 3.13. The molecule has 2 heterocycles. The molecule has 1 unspecified atom stereocenters. The molecule has 0 radical (unpaired) electrons. The predicted octanol–water partition coefficient (Wildman–Crippen LogP) is 3.97. The average molecular weight is 293 g/mol. The van der Waals surface area contributed by atoms with E-state index in [0.717, 1.165) is 11.1 Å². The summed E-state index contributed by atoms with van der Waals surface area (Å²) in [6, 6.07) is 6.60. The van der Waals surface area contributed by atoms with Gasteiger partial charge in [0.05, 0.1) is 11.4 Å². The Morgan fingerprint density at radius 2 is 2.21 bits per heavy atom. The number of anilines is 1. The maximum absolute atomic E-state index is 13.5. The zero-order chi connectivity index (χ0) is 13.4. The van der Waals surface area contributed by atoms with Crippen LogP contribution in [0.5, 0.6) is 0 Å². The third kappa shape index (κ3) is 2.28. The fourth-order valence-electron chi connectivity index (χ4n) is 2.19. The molecule has 0 saturated carbocycles. The molecule has 0 aliphatic carbocycles. The molecule has 2 nitrogen and oxygen atoms in total. The number of thioether (sulfide) groups is 1. The van der Waals surface area contributed by atoms with Crippen molar-refractivity contribution in [1.29, 1.82) is 0 Å². The molecule has 1 aromatic carbocycles. The fourth-order valence-corrected chi connectivity index (χ4v) is 4.11. The van der Waals surface area contributed by atoms with Gasteiger partial charge >= 0.3 is 0 Å². The molecule has 98 valence electrons. The highest BCUT2D eigenvalue weighted by molar-refractivity contribution is 8.00. The molecule has 3 rings (SSSR count). The molecule has 1 amide bonds. The van der Waals surface area contributed by atoms with Crippen molar-refractivity contribution in [2.24, 2.45) is 0 Å². The highest BCUT2D eigenvalue weighted by atomic mass is 32.2. The predicted molar refractivity (Wildman–Crippen MR) is 78.1 cm³/mol. The number of carbonyl (C=O) groups is 1. The number of aryl methyl sites for hydroxylation is 1. The van der Waals surface area contributed by atoms with E-state index in [2.05, 4.69) is 0 Å². The molecule has 2 aromatic rings. The van der Waals surface area contributed by atoms with Gasteiger partial charge in [-0.05, 0) is 47.0 Å². The number of amides is 1. The first-order valence-electron chi connectivity index (χ1n) is 5.89. The molecule has 0 N–H and O–H groups in total. The molecule has 1 fully saturated rings. The van der Waals surface area contributed by atoms with Gasteiger partial charge in [0.1, 0.15) is 11.2 Å². The van der Waals surface area contributed by atoms with E-state index in [-0.39, 0.29) is 17.1 Å². The van der Waals surface area contributed by atoms with Gasteiger partial charge in [-0.15, -0.1) is 11.8 Å². The Morgan fingerprint density at radius 1 is 1.37 bits per heavy atom. The number of nitrogens with zero attached hydrogens (tertiary/aromatic N) is 1. The quantitative estimate of drug-likeness (QED) is 0.835. The Kier molecular flexibility index (Phi) is 3.33. The molecule has 1 aliphatic rings. The van der Waals surface area contributed by atoms with Gasteiger partial charge in [0.2, 0.25) is 5.91 Å². The summed E-state index contributed by atoms with van der Waals surface area (Å²) < 4.78 is 13.5. The van der Waals surface area contributed by atoms with E-state index in [0.29, 0.717) is 11.4 Å². The maximum atomic E-state index is 13.5. The summed E-state index contributed by atoms with van der Waals surface area (Å²) in [7, 11) is 0. The van der Waals surface area contributed by atoms with Gasteiger partial charge in [0.15, 0.2) is 0 Å². The van der Waals surface area contributed by atoms with Crippen molar-refractivity contribution in [1.82, 2.24) is 0 Å². The van der Waals surface area contributed by atoms with E-state index in [1.807, 2.05) is 23.8 Å². The minimum absolute atomic E-state index is 0.0369. The zero-order valence-corrected chi connectivity index (χ0v) is 11.9. The summed E-state index contributed by atoms with van der Waals surface area (Å²) in [5.74, 6) is 0.167. The van der Waals surface area contributed by atoms with Crippen molar-refractivity contribution in [2.45, 2.75) is 12.3 Å². The second-order valence-electron chi connectivity index (χ2n) is 4.41. The van der Waals surface area contributed by atoms with Crippen molar-refractivity contribution in [2.75, 3.05) is 10.7 Å². The third-order valence-corrected chi connectivity index (χ3v) is 5.04. The molecular formula is C14H12FNOS2. The van der Waals surface area contributed by atoms with Crippen LogP contribution in [0.3, 0.4) is 0 Å². The number of thiophene rings is 1. The Hall–Kier alpha value is -1.33. The van der Waals surface area contributed by atoms with Crippen molar-refractivity contribution >= 4 is 34.7 Å². The Morgan fingerprint density at radius 3 is 2.95 bits per heavy atom. The van der Waals surface area contributed by atoms with Crippen molar-refractivity contribution in [3.63, 3.8) is 0 Å². The number of hydrogen-bond donors (Lipinski definition) is 0. The van der Waals surface area contributed by atoms with Crippen LogP contribution in [0.15, 0.2) is 35.0 Å². The van der Waals surface area contributed by atoms with Crippen molar-refractivity contribution in [3.8, 4) is 0 Å². The molecular weight excluding hydrogens is 281 g/mol. The lowest BCUT2D eigenvalue weighted by Gasteiger charge is -2.25. The summed E-state index contributed by atoms with van der Waals surface area (Å²) >= 11 is 3.19. The SMILES string of the molecule is Cc1ccc(F)cc1N1C(=O)CSC1c1ccsc1. The van der Waals surface area contributed by atoms with Gasteiger partial charge in [-0.3, -0.25) is 9.69 Å². The van der Waals surface area contributed by atoms with Crippen molar-refractivity contribution < 1.29 is 9.18 Å². The molecule has 19 heavy (non-hydrogen) atoms. The Labute approximate surface area is 119 Å². The fraction of sp³-hybridized carbons (Fsp3) is 0.214. The van der Waals surface area contributed by atoms with Gasteiger partial charge in [-0.25, -0.2) is 4.39 Å². The second-order valence-corrected chi connectivity index (χ2v) is 6.26. The van der Waals surface area contributed by atoms with Gasteiger partial charge < -0.3 is 0 Å².